The average Bonchev–Trinajstić information content (AvgIpc) is 2.77. The SMILES string of the molecule is CC(C)CC(CO)NC(=O)CCc1ccco1. The minimum Gasteiger partial charge on any atom is -0.469 e. The van der Waals surface area contributed by atoms with Gasteiger partial charge < -0.3 is 14.8 Å². The monoisotopic (exact) mass is 239 g/mol. The van der Waals surface area contributed by atoms with Crippen molar-refractivity contribution in [3.63, 3.8) is 0 Å². The Balaban J connectivity index is 2.27. The molecule has 17 heavy (non-hydrogen) atoms. The van der Waals surface area contributed by atoms with E-state index in [0.717, 1.165) is 12.2 Å². The third kappa shape index (κ3) is 5.54. The number of aliphatic hydroxyl groups excluding tert-OH is 1. The van der Waals surface area contributed by atoms with Crippen molar-refractivity contribution in [2.24, 2.45) is 5.92 Å². The van der Waals surface area contributed by atoms with Gasteiger partial charge in [-0.05, 0) is 24.5 Å². The first kappa shape index (κ1) is 13.8. The van der Waals surface area contributed by atoms with Gasteiger partial charge in [0.2, 0.25) is 5.91 Å². The number of hydrogen-bond acceptors (Lipinski definition) is 3. The van der Waals surface area contributed by atoms with Crippen LogP contribution in [0, 0.1) is 5.92 Å². The Morgan fingerprint density at radius 1 is 1.53 bits per heavy atom. The van der Waals surface area contributed by atoms with E-state index in [2.05, 4.69) is 19.2 Å². The zero-order valence-corrected chi connectivity index (χ0v) is 10.5. The topological polar surface area (TPSA) is 62.5 Å². The Bertz CT molecular complexity index is 319. The summed E-state index contributed by atoms with van der Waals surface area (Å²) in [7, 11) is 0. The standard InChI is InChI=1S/C13H21NO3/c1-10(2)8-11(9-15)14-13(16)6-5-12-4-3-7-17-12/h3-4,7,10-11,15H,5-6,8-9H2,1-2H3,(H,14,16). The van der Waals surface area contributed by atoms with E-state index in [1.807, 2.05) is 12.1 Å². The van der Waals surface area contributed by atoms with Gasteiger partial charge in [-0.2, -0.15) is 0 Å². The summed E-state index contributed by atoms with van der Waals surface area (Å²) in [6, 6.07) is 3.52. The highest BCUT2D eigenvalue weighted by Gasteiger charge is 2.13. The Labute approximate surface area is 102 Å². The van der Waals surface area contributed by atoms with Crippen molar-refractivity contribution in [2.45, 2.75) is 39.2 Å². The molecule has 0 saturated carbocycles. The summed E-state index contributed by atoms with van der Waals surface area (Å²) in [6.45, 7) is 4.13. The van der Waals surface area contributed by atoms with Crippen LogP contribution in [0.1, 0.15) is 32.4 Å². The summed E-state index contributed by atoms with van der Waals surface area (Å²) in [5, 5.41) is 12.0. The Kier molecular flexibility index (Phi) is 5.77. The minimum absolute atomic E-state index is 0.00925. The van der Waals surface area contributed by atoms with Crippen molar-refractivity contribution < 1.29 is 14.3 Å². The summed E-state index contributed by atoms with van der Waals surface area (Å²) in [6.07, 6.45) is 3.38. The van der Waals surface area contributed by atoms with Crippen molar-refractivity contribution >= 4 is 5.91 Å². The van der Waals surface area contributed by atoms with Crippen LogP contribution in [0.4, 0.5) is 0 Å². The van der Waals surface area contributed by atoms with E-state index in [1.54, 1.807) is 6.26 Å². The third-order valence-corrected chi connectivity index (χ3v) is 2.52. The lowest BCUT2D eigenvalue weighted by atomic mass is 10.0. The van der Waals surface area contributed by atoms with Gasteiger partial charge in [0.05, 0.1) is 18.9 Å². The summed E-state index contributed by atoms with van der Waals surface area (Å²) < 4.78 is 5.15. The normalized spacial score (nSPS) is 12.7. The molecule has 0 aliphatic carbocycles. The lowest BCUT2D eigenvalue weighted by Crippen LogP contribution is -2.38. The molecule has 0 bridgehead atoms. The molecule has 0 aromatic carbocycles. The first-order valence-electron chi connectivity index (χ1n) is 6.04. The Morgan fingerprint density at radius 2 is 2.29 bits per heavy atom. The molecule has 1 aromatic heterocycles. The lowest BCUT2D eigenvalue weighted by molar-refractivity contribution is -0.122. The molecule has 1 aromatic rings. The molecule has 0 radical (unpaired) electrons. The molecule has 2 N–H and O–H groups in total. The number of furan rings is 1. The van der Waals surface area contributed by atoms with Crippen molar-refractivity contribution in [3.05, 3.63) is 24.2 Å². The van der Waals surface area contributed by atoms with Crippen LogP contribution in [0.2, 0.25) is 0 Å². The van der Waals surface area contributed by atoms with Gasteiger partial charge >= 0.3 is 0 Å². The molecule has 1 rings (SSSR count). The summed E-state index contributed by atoms with van der Waals surface area (Å²) >= 11 is 0. The number of hydrogen-bond donors (Lipinski definition) is 2. The number of aryl methyl sites for hydroxylation is 1. The molecule has 96 valence electrons. The van der Waals surface area contributed by atoms with Crippen molar-refractivity contribution in [3.8, 4) is 0 Å². The minimum atomic E-state index is -0.140. The fourth-order valence-electron chi connectivity index (χ4n) is 1.74. The maximum atomic E-state index is 11.6. The number of nitrogens with one attached hydrogen (secondary N) is 1. The number of amides is 1. The third-order valence-electron chi connectivity index (χ3n) is 2.52. The predicted molar refractivity (Wildman–Crippen MR) is 65.5 cm³/mol. The molecule has 1 heterocycles. The van der Waals surface area contributed by atoms with Crippen LogP contribution in [-0.4, -0.2) is 23.7 Å². The molecule has 0 spiro atoms. The molecule has 1 atom stereocenters. The summed E-state index contributed by atoms with van der Waals surface area (Å²) in [5.41, 5.74) is 0. The highest BCUT2D eigenvalue weighted by atomic mass is 16.3. The lowest BCUT2D eigenvalue weighted by Gasteiger charge is -2.18. The van der Waals surface area contributed by atoms with Gasteiger partial charge in [0.1, 0.15) is 5.76 Å². The number of carbonyl (C=O) groups is 1. The van der Waals surface area contributed by atoms with Crippen molar-refractivity contribution in [1.29, 1.82) is 0 Å². The molecule has 0 aliphatic heterocycles. The number of aliphatic hydroxyl groups is 1. The molecular formula is C13H21NO3. The molecule has 0 aliphatic rings. The van der Waals surface area contributed by atoms with Crippen molar-refractivity contribution in [2.75, 3.05) is 6.61 Å². The quantitative estimate of drug-likeness (QED) is 0.761. The smallest absolute Gasteiger partial charge is 0.220 e. The van der Waals surface area contributed by atoms with Crippen molar-refractivity contribution in [1.82, 2.24) is 5.32 Å². The van der Waals surface area contributed by atoms with Crippen LogP contribution in [0.15, 0.2) is 22.8 Å². The molecule has 0 saturated heterocycles. The van der Waals surface area contributed by atoms with Gasteiger partial charge in [-0.25, -0.2) is 0 Å². The van der Waals surface area contributed by atoms with E-state index in [-0.39, 0.29) is 18.6 Å². The largest absolute Gasteiger partial charge is 0.469 e. The van der Waals surface area contributed by atoms with Gasteiger partial charge in [0, 0.05) is 12.8 Å². The van der Waals surface area contributed by atoms with Gasteiger partial charge in [-0.1, -0.05) is 13.8 Å². The first-order chi connectivity index (χ1) is 8.11. The van der Waals surface area contributed by atoms with E-state index in [1.165, 1.54) is 0 Å². The van der Waals surface area contributed by atoms with Gasteiger partial charge in [-0.3, -0.25) is 4.79 Å². The van der Waals surface area contributed by atoms with E-state index in [9.17, 15) is 4.79 Å². The van der Waals surface area contributed by atoms with E-state index in [0.29, 0.717) is 18.8 Å². The first-order valence-corrected chi connectivity index (χ1v) is 6.04. The summed E-state index contributed by atoms with van der Waals surface area (Å²) in [4.78, 5) is 11.6. The van der Waals surface area contributed by atoms with E-state index in [4.69, 9.17) is 9.52 Å². The second kappa shape index (κ2) is 7.12. The van der Waals surface area contributed by atoms with Gasteiger partial charge in [-0.15, -0.1) is 0 Å². The second-order valence-electron chi connectivity index (χ2n) is 4.66. The maximum absolute atomic E-state index is 11.6. The van der Waals surface area contributed by atoms with Crippen LogP contribution in [0.25, 0.3) is 0 Å². The molecule has 1 unspecified atom stereocenters. The summed E-state index contributed by atoms with van der Waals surface area (Å²) in [5.74, 6) is 1.23. The van der Waals surface area contributed by atoms with Crippen LogP contribution >= 0.6 is 0 Å². The Morgan fingerprint density at radius 3 is 2.82 bits per heavy atom. The molecule has 1 amide bonds. The number of carbonyl (C=O) groups excluding carboxylic acids is 1. The van der Waals surface area contributed by atoms with Crippen LogP contribution in [0.5, 0.6) is 0 Å². The van der Waals surface area contributed by atoms with Gasteiger partial charge in [0.25, 0.3) is 0 Å². The second-order valence-corrected chi connectivity index (χ2v) is 4.66. The fraction of sp³-hybridized carbons (Fsp3) is 0.615. The average molecular weight is 239 g/mol. The predicted octanol–water partition coefficient (Wildman–Crippen LogP) is 1.74. The fourth-order valence-corrected chi connectivity index (χ4v) is 1.74. The van der Waals surface area contributed by atoms with Crippen LogP contribution in [-0.2, 0) is 11.2 Å². The van der Waals surface area contributed by atoms with Crippen LogP contribution in [0.3, 0.4) is 0 Å². The zero-order chi connectivity index (χ0) is 12.7. The zero-order valence-electron chi connectivity index (χ0n) is 10.5. The van der Waals surface area contributed by atoms with E-state index < -0.39 is 0 Å². The highest BCUT2D eigenvalue weighted by molar-refractivity contribution is 5.76. The number of rotatable bonds is 7. The molecular weight excluding hydrogens is 218 g/mol. The van der Waals surface area contributed by atoms with Crippen LogP contribution < -0.4 is 5.32 Å². The molecule has 4 heteroatoms. The maximum Gasteiger partial charge on any atom is 0.220 e. The Hall–Kier alpha value is -1.29. The molecule has 0 fully saturated rings. The van der Waals surface area contributed by atoms with Gasteiger partial charge in [0.15, 0.2) is 0 Å². The van der Waals surface area contributed by atoms with E-state index >= 15 is 0 Å². The molecule has 4 nitrogen and oxygen atoms in total. The highest BCUT2D eigenvalue weighted by Crippen LogP contribution is 2.06.